The van der Waals surface area contributed by atoms with Crippen molar-refractivity contribution >= 4 is 28.6 Å². The topological polar surface area (TPSA) is 50.2 Å². The van der Waals surface area contributed by atoms with E-state index in [0.29, 0.717) is 11.3 Å². The van der Waals surface area contributed by atoms with Crippen molar-refractivity contribution in [3.63, 3.8) is 0 Å². The molecule has 0 bridgehead atoms. The van der Waals surface area contributed by atoms with Crippen LogP contribution < -0.4 is 0 Å². The highest BCUT2D eigenvalue weighted by molar-refractivity contribution is 7.12. The molecular formula is C15H11NO2S2. The number of carbonyl (C=O) groups is 1. The number of benzene rings is 1. The minimum absolute atomic E-state index is 0.404. The average molecular weight is 301 g/mol. The fourth-order valence-electron chi connectivity index (χ4n) is 1.96. The van der Waals surface area contributed by atoms with Crippen LogP contribution in [0.1, 0.15) is 20.2 Å². The van der Waals surface area contributed by atoms with Gasteiger partial charge in [-0.2, -0.15) is 0 Å². The van der Waals surface area contributed by atoms with Crippen LogP contribution in [0, 0.1) is 0 Å². The lowest BCUT2D eigenvalue weighted by molar-refractivity contribution is 0.0701. The Kier molecular flexibility index (Phi) is 3.62. The first-order valence-electron chi connectivity index (χ1n) is 6.03. The van der Waals surface area contributed by atoms with Gasteiger partial charge in [0.05, 0.1) is 10.7 Å². The van der Waals surface area contributed by atoms with E-state index in [1.807, 2.05) is 47.2 Å². The van der Waals surface area contributed by atoms with E-state index < -0.39 is 5.97 Å². The van der Waals surface area contributed by atoms with Crippen LogP contribution in [-0.2, 0) is 6.42 Å². The second-order valence-electron chi connectivity index (χ2n) is 4.25. The largest absolute Gasteiger partial charge is 0.477 e. The Morgan fingerprint density at radius 1 is 1.15 bits per heavy atom. The SMILES string of the molecule is O=C(O)c1sccc1Cc1nc(-c2ccccc2)cs1. The van der Waals surface area contributed by atoms with Gasteiger partial charge in [0.2, 0.25) is 0 Å². The smallest absolute Gasteiger partial charge is 0.346 e. The van der Waals surface area contributed by atoms with Crippen LogP contribution in [0.4, 0.5) is 0 Å². The highest BCUT2D eigenvalue weighted by atomic mass is 32.1. The number of carboxylic acid groups (broad SMARTS) is 1. The fourth-order valence-corrected chi connectivity index (χ4v) is 3.55. The van der Waals surface area contributed by atoms with Crippen LogP contribution >= 0.6 is 22.7 Å². The minimum Gasteiger partial charge on any atom is -0.477 e. The molecule has 2 aromatic heterocycles. The molecule has 3 rings (SSSR count). The van der Waals surface area contributed by atoms with Gasteiger partial charge in [-0.1, -0.05) is 30.3 Å². The summed E-state index contributed by atoms with van der Waals surface area (Å²) in [4.78, 5) is 16.1. The fraction of sp³-hybridized carbons (Fsp3) is 0.0667. The Hall–Kier alpha value is -1.98. The number of rotatable bonds is 4. The summed E-state index contributed by atoms with van der Waals surface area (Å²) in [5, 5.41) is 13.9. The Morgan fingerprint density at radius 2 is 1.95 bits per heavy atom. The Bertz CT molecular complexity index is 731. The second kappa shape index (κ2) is 5.56. The zero-order valence-electron chi connectivity index (χ0n) is 10.4. The lowest BCUT2D eigenvalue weighted by atomic mass is 10.2. The summed E-state index contributed by atoms with van der Waals surface area (Å²) < 4.78 is 0. The molecule has 5 heteroatoms. The molecule has 0 fully saturated rings. The third kappa shape index (κ3) is 2.64. The number of hydrogen-bond acceptors (Lipinski definition) is 4. The first kappa shape index (κ1) is 13.0. The highest BCUT2D eigenvalue weighted by Gasteiger charge is 2.13. The van der Waals surface area contributed by atoms with Gasteiger partial charge in [0.15, 0.2) is 0 Å². The average Bonchev–Trinajstić information content (AvgIpc) is 3.09. The maximum absolute atomic E-state index is 11.1. The lowest BCUT2D eigenvalue weighted by Gasteiger charge is -1.97. The Labute approximate surface area is 124 Å². The van der Waals surface area contributed by atoms with E-state index in [-0.39, 0.29) is 0 Å². The molecule has 3 nitrogen and oxygen atoms in total. The van der Waals surface area contributed by atoms with E-state index in [1.165, 1.54) is 11.3 Å². The molecule has 1 N–H and O–H groups in total. The molecule has 0 radical (unpaired) electrons. The number of hydrogen-bond donors (Lipinski definition) is 1. The number of thiophene rings is 1. The third-order valence-corrected chi connectivity index (χ3v) is 4.70. The summed E-state index contributed by atoms with van der Waals surface area (Å²) in [6, 6.07) is 11.8. The van der Waals surface area contributed by atoms with Crippen molar-refractivity contribution in [2.75, 3.05) is 0 Å². The predicted octanol–water partition coefficient (Wildman–Crippen LogP) is 4.16. The van der Waals surface area contributed by atoms with Gasteiger partial charge in [-0.15, -0.1) is 22.7 Å². The van der Waals surface area contributed by atoms with E-state index in [9.17, 15) is 4.79 Å². The second-order valence-corrected chi connectivity index (χ2v) is 6.11. The highest BCUT2D eigenvalue weighted by Crippen LogP contribution is 2.25. The van der Waals surface area contributed by atoms with Crippen molar-refractivity contribution in [2.24, 2.45) is 0 Å². The van der Waals surface area contributed by atoms with E-state index in [1.54, 1.807) is 11.3 Å². The van der Waals surface area contributed by atoms with Crippen molar-refractivity contribution in [3.05, 3.63) is 62.6 Å². The molecule has 0 aliphatic carbocycles. The normalized spacial score (nSPS) is 10.6. The molecule has 2 heterocycles. The molecule has 0 saturated carbocycles. The molecule has 0 aliphatic rings. The maximum atomic E-state index is 11.1. The van der Waals surface area contributed by atoms with Crippen LogP contribution in [-0.4, -0.2) is 16.1 Å². The predicted molar refractivity (Wildman–Crippen MR) is 81.6 cm³/mol. The molecule has 0 spiro atoms. The van der Waals surface area contributed by atoms with Crippen LogP contribution in [0.2, 0.25) is 0 Å². The standard InChI is InChI=1S/C15H11NO2S2/c17-15(18)14-11(6-7-19-14)8-13-16-12(9-20-13)10-4-2-1-3-5-10/h1-7,9H,8H2,(H,17,18). The van der Waals surface area contributed by atoms with Gasteiger partial charge < -0.3 is 5.11 Å². The van der Waals surface area contributed by atoms with Crippen molar-refractivity contribution in [2.45, 2.75) is 6.42 Å². The van der Waals surface area contributed by atoms with E-state index >= 15 is 0 Å². The minimum atomic E-state index is -0.866. The third-order valence-electron chi connectivity index (χ3n) is 2.90. The summed E-state index contributed by atoms with van der Waals surface area (Å²) in [6.07, 6.45) is 0.572. The number of aromatic carboxylic acids is 1. The van der Waals surface area contributed by atoms with Crippen molar-refractivity contribution < 1.29 is 9.90 Å². The van der Waals surface area contributed by atoms with Gasteiger partial charge in [0.1, 0.15) is 4.88 Å². The lowest BCUT2D eigenvalue weighted by Crippen LogP contribution is -1.98. The monoisotopic (exact) mass is 301 g/mol. The van der Waals surface area contributed by atoms with Crippen molar-refractivity contribution in [1.29, 1.82) is 0 Å². The molecule has 0 atom stereocenters. The summed E-state index contributed by atoms with van der Waals surface area (Å²) >= 11 is 2.82. The molecule has 100 valence electrons. The zero-order valence-corrected chi connectivity index (χ0v) is 12.1. The van der Waals surface area contributed by atoms with Crippen molar-refractivity contribution in [1.82, 2.24) is 4.98 Å². The summed E-state index contributed by atoms with van der Waals surface area (Å²) in [5.74, 6) is -0.866. The summed E-state index contributed by atoms with van der Waals surface area (Å²) in [7, 11) is 0. The molecule has 0 aliphatic heterocycles. The van der Waals surface area contributed by atoms with Crippen LogP contribution in [0.15, 0.2) is 47.2 Å². The van der Waals surface area contributed by atoms with Crippen LogP contribution in [0.3, 0.4) is 0 Å². The summed E-state index contributed by atoms with van der Waals surface area (Å²) in [5.41, 5.74) is 2.85. The first-order chi connectivity index (χ1) is 9.74. The van der Waals surface area contributed by atoms with E-state index in [4.69, 9.17) is 5.11 Å². The Balaban J connectivity index is 1.84. The first-order valence-corrected chi connectivity index (χ1v) is 7.79. The molecule has 0 amide bonds. The molecule has 1 aromatic carbocycles. The van der Waals surface area contributed by atoms with Crippen molar-refractivity contribution in [3.8, 4) is 11.3 Å². The van der Waals surface area contributed by atoms with Gasteiger partial charge in [0.25, 0.3) is 0 Å². The molecule has 20 heavy (non-hydrogen) atoms. The molecule has 3 aromatic rings. The quantitative estimate of drug-likeness (QED) is 0.787. The van der Waals surface area contributed by atoms with Gasteiger partial charge in [0, 0.05) is 17.4 Å². The van der Waals surface area contributed by atoms with E-state index in [0.717, 1.165) is 21.8 Å². The number of thiazole rings is 1. The van der Waals surface area contributed by atoms with Gasteiger partial charge in [-0.05, 0) is 17.0 Å². The summed E-state index contributed by atoms with van der Waals surface area (Å²) in [6.45, 7) is 0. The van der Waals surface area contributed by atoms with Crippen LogP contribution in [0.25, 0.3) is 11.3 Å². The zero-order chi connectivity index (χ0) is 13.9. The maximum Gasteiger partial charge on any atom is 0.346 e. The van der Waals surface area contributed by atoms with Crippen LogP contribution in [0.5, 0.6) is 0 Å². The number of nitrogens with zero attached hydrogens (tertiary/aromatic N) is 1. The molecule has 0 unspecified atom stereocenters. The number of carboxylic acids is 1. The Morgan fingerprint density at radius 3 is 2.70 bits per heavy atom. The van der Waals surface area contributed by atoms with Gasteiger partial charge >= 0.3 is 5.97 Å². The number of aromatic nitrogens is 1. The van der Waals surface area contributed by atoms with Gasteiger partial charge in [-0.25, -0.2) is 9.78 Å². The molecule has 0 saturated heterocycles. The van der Waals surface area contributed by atoms with E-state index in [2.05, 4.69) is 4.98 Å². The van der Waals surface area contributed by atoms with Gasteiger partial charge in [-0.3, -0.25) is 0 Å². The molecular weight excluding hydrogens is 290 g/mol.